The highest BCUT2D eigenvalue weighted by Crippen LogP contribution is 2.28. The summed E-state index contributed by atoms with van der Waals surface area (Å²) in [5.74, 6) is -0.712. The van der Waals surface area contributed by atoms with Gasteiger partial charge in [0.2, 0.25) is 0 Å². The van der Waals surface area contributed by atoms with Gasteiger partial charge in [0.05, 0.1) is 11.9 Å². The van der Waals surface area contributed by atoms with Crippen molar-refractivity contribution in [3.63, 3.8) is 0 Å². The number of carbonyl (C=O) groups excluding carboxylic acids is 1. The fourth-order valence-electron chi connectivity index (χ4n) is 2.68. The van der Waals surface area contributed by atoms with Crippen LogP contribution in [0, 0.1) is 19.7 Å². The Labute approximate surface area is 148 Å². The van der Waals surface area contributed by atoms with Crippen molar-refractivity contribution in [1.29, 1.82) is 0 Å². The molecule has 2 aromatic heterocycles. The molecule has 0 bridgehead atoms. The van der Waals surface area contributed by atoms with Crippen LogP contribution in [0.15, 0.2) is 29.3 Å². The van der Waals surface area contributed by atoms with Crippen LogP contribution in [-0.4, -0.2) is 15.5 Å². The molecule has 130 valence electrons. The number of anilines is 1. The van der Waals surface area contributed by atoms with Gasteiger partial charge in [-0.1, -0.05) is 0 Å². The number of nitrogens with one attached hydrogen (secondary N) is 1. The van der Waals surface area contributed by atoms with E-state index < -0.39 is 0 Å². The Kier molecular flexibility index (Phi) is 4.43. The molecule has 1 aromatic carbocycles. The maximum absolute atomic E-state index is 13.2. The number of aromatic nitrogens is 2. The maximum atomic E-state index is 13.2. The summed E-state index contributed by atoms with van der Waals surface area (Å²) < 4.78 is 15.2. The zero-order valence-corrected chi connectivity index (χ0v) is 15.2. The smallest absolute Gasteiger partial charge is 0.271 e. The topological polar surface area (TPSA) is 64.0 Å². The van der Waals surface area contributed by atoms with Crippen LogP contribution < -0.4 is 10.9 Å². The molecule has 0 saturated carbocycles. The summed E-state index contributed by atoms with van der Waals surface area (Å²) in [6.07, 6.45) is 1.47. The van der Waals surface area contributed by atoms with Crippen molar-refractivity contribution in [3.05, 3.63) is 56.7 Å². The predicted molar refractivity (Wildman–Crippen MR) is 98.1 cm³/mol. The Bertz CT molecular complexity index is 1040. The number of benzene rings is 1. The number of amides is 1. The number of fused-ring (bicyclic) bond motifs is 1. The first-order valence-corrected chi connectivity index (χ1v) is 8.69. The highest BCUT2D eigenvalue weighted by Gasteiger charge is 2.21. The lowest BCUT2D eigenvalue weighted by Crippen LogP contribution is -2.22. The highest BCUT2D eigenvalue weighted by atomic mass is 32.1. The SMILES string of the molecule is Cc1cc(F)ccc1NC(=O)c1c(C)sc2c(=O)n(C(C)C)cnc12. The standard InChI is InChI=1S/C18H18FN3O2S/c1-9(2)22-8-20-15-14(11(4)25-16(15)18(22)24)17(23)21-13-6-5-12(19)7-10(13)3/h5-9H,1-4H3,(H,21,23). The molecule has 0 unspecified atom stereocenters. The lowest BCUT2D eigenvalue weighted by atomic mass is 10.1. The minimum absolute atomic E-state index is 0.00838. The van der Waals surface area contributed by atoms with E-state index in [4.69, 9.17) is 0 Å². The summed E-state index contributed by atoms with van der Waals surface area (Å²) in [6, 6.07) is 4.16. The average molecular weight is 359 g/mol. The zero-order valence-electron chi connectivity index (χ0n) is 14.4. The molecule has 0 saturated heterocycles. The van der Waals surface area contributed by atoms with Crippen LogP contribution in [0.2, 0.25) is 0 Å². The van der Waals surface area contributed by atoms with Gasteiger partial charge in [0.15, 0.2) is 0 Å². The first-order valence-electron chi connectivity index (χ1n) is 7.87. The minimum atomic E-state index is -0.358. The predicted octanol–water partition coefficient (Wildman–Crippen LogP) is 4.05. The third-order valence-corrected chi connectivity index (χ3v) is 5.10. The number of aryl methyl sites for hydroxylation is 2. The number of rotatable bonds is 3. The van der Waals surface area contributed by atoms with Gasteiger partial charge in [-0.2, -0.15) is 0 Å². The molecule has 0 atom stereocenters. The first kappa shape index (κ1) is 17.3. The summed E-state index contributed by atoms with van der Waals surface area (Å²) in [5.41, 5.74) is 1.80. The molecule has 0 radical (unpaired) electrons. The van der Waals surface area contributed by atoms with Crippen LogP contribution in [0.25, 0.3) is 10.2 Å². The van der Waals surface area contributed by atoms with Crippen molar-refractivity contribution < 1.29 is 9.18 Å². The summed E-state index contributed by atoms with van der Waals surface area (Å²) in [7, 11) is 0. The quantitative estimate of drug-likeness (QED) is 0.767. The number of halogens is 1. The average Bonchev–Trinajstić information content (AvgIpc) is 2.87. The second-order valence-electron chi connectivity index (χ2n) is 6.18. The first-order chi connectivity index (χ1) is 11.8. The molecule has 3 rings (SSSR count). The van der Waals surface area contributed by atoms with E-state index in [-0.39, 0.29) is 23.3 Å². The minimum Gasteiger partial charge on any atom is -0.322 e. The van der Waals surface area contributed by atoms with Gasteiger partial charge in [0.1, 0.15) is 16.0 Å². The van der Waals surface area contributed by atoms with E-state index in [1.54, 1.807) is 18.4 Å². The van der Waals surface area contributed by atoms with Gasteiger partial charge < -0.3 is 5.32 Å². The van der Waals surface area contributed by atoms with Crippen molar-refractivity contribution in [2.24, 2.45) is 0 Å². The Morgan fingerprint density at radius 2 is 2.04 bits per heavy atom. The molecule has 25 heavy (non-hydrogen) atoms. The van der Waals surface area contributed by atoms with Gasteiger partial charge >= 0.3 is 0 Å². The molecular formula is C18H18FN3O2S. The van der Waals surface area contributed by atoms with Gasteiger partial charge in [-0.25, -0.2) is 9.37 Å². The van der Waals surface area contributed by atoms with E-state index in [9.17, 15) is 14.0 Å². The van der Waals surface area contributed by atoms with Crippen molar-refractivity contribution in [3.8, 4) is 0 Å². The molecule has 3 aromatic rings. The van der Waals surface area contributed by atoms with E-state index >= 15 is 0 Å². The van der Waals surface area contributed by atoms with E-state index in [1.165, 1.54) is 35.9 Å². The molecule has 7 heteroatoms. The molecule has 1 N–H and O–H groups in total. The van der Waals surface area contributed by atoms with Crippen molar-refractivity contribution in [2.75, 3.05) is 5.32 Å². The molecule has 1 amide bonds. The zero-order chi connectivity index (χ0) is 18.3. The van der Waals surface area contributed by atoms with Crippen molar-refractivity contribution in [2.45, 2.75) is 33.7 Å². The number of thiophene rings is 1. The second kappa shape index (κ2) is 6.40. The van der Waals surface area contributed by atoms with E-state index in [0.29, 0.717) is 27.0 Å². The number of hydrogen-bond donors (Lipinski definition) is 1. The molecule has 0 aliphatic rings. The summed E-state index contributed by atoms with van der Waals surface area (Å²) in [4.78, 5) is 30.4. The lowest BCUT2D eigenvalue weighted by molar-refractivity contribution is 0.102. The fraction of sp³-hybridized carbons (Fsp3) is 0.278. The maximum Gasteiger partial charge on any atom is 0.271 e. The Hall–Kier alpha value is -2.54. The molecule has 0 aliphatic heterocycles. The van der Waals surface area contributed by atoms with Crippen molar-refractivity contribution in [1.82, 2.24) is 9.55 Å². The third kappa shape index (κ3) is 3.07. The van der Waals surface area contributed by atoms with Crippen LogP contribution in [-0.2, 0) is 0 Å². The van der Waals surface area contributed by atoms with Gasteiger partial charge in [-0.05, 0) is 51.5 Å². The van der Waals surface area contributed by atoms with Crippen LogP contribution in [0.4, 0.5) is 10.1 Å². The summed E-state index contributed by atoms with van der Waals surface area (Å²) >= 11 is 1.27. The normalized spacial score (nSPS) is 11.3. The second-order valence-corrected chi connectivity index (χ2v) is 7.40. The van der Waals surface area contributed by atoms with E-state index in [2.05, 4.69) is 10.3 Å². The van der Waals surface area contributed by atoms with Gasteiger partial charge in [0, 0.05) is 16.6 Å². The fourth-order valence-corrected chi connectivity index (χ4v) is 3.72. The summed E-state index contributed by atoms with van der Waals surface area (Å²) in [6.45, 7) is 7.31. The molecule has 5 nitrogen and oxygen atoms in total. The van der Waals surface area contributed by atoms with Gasteiger partial charge in [-0.3, -0.25) is 14.2 Å². The lowest BCUT2D eigenvalue weighted by Gasteiger charge is -2.10. The van der Waals surface area contributed by atoms with Crippen LogP contribution in [0.3, 0.4) is 0 Å². The molecule has 0 aliphatic carbocycles. The third-order valence-electron chi connectivity index (χ3n) is 4.02. The number of nitrogens with zero attached hydrogens (tertiary/aromatic N) is 2. The van der Waals surface area contributed by atoms with Crippen LogP contribution >= 0.6 is 11.3 Å². The van der Waals surface area contributed by atoms with E-state index in [0.717, 1.165) is 4.88 Å². The summed E-state index contributed by atoms with van der Waals surface area (Å²) in [5, 5.41) is 2.78. The van der Waals surface area contributed by atoms with E-state index in [1.807, 2.05) is 13.8 Å². The molecule has 2 heterocycles. The van der Waals surface area contributed by atoms with Crippen molar-refractivity contribution >= 4 is 33.1 Å². The number of carbonyl (C=O) groups is 1. The largest absolute Gasteiger partial charge is 0.322 e. The highest BCUT2D eigenvalue weighted by molar-refractivity contribution is 7.19. The Morgan fingerprint density at radius 1 is 1.32 bits per heavy atom. The number of hydrogen-bond acceptors (Lipinski definition) is 4. The monoisotopic (exact) mass is 359 g/mol. The molecular weight excluding hydrogens is 341 g/mol. The molecule has 0 spiro atoms. The Balaban J connectivity index is 2.06. The molecule has 0 fully saturated rings. The van der Waals surface area contributed by atoms with Gasteiger partial charge in [-0.15, -0.1) is 11.3 Å². The van der Waals surface area contributed by atoms with Gasteiger partial charge in [0.25, 0.3) is 11.5 Å². The van der Waals surface area contributed by atoms with Crippen LogP contribution in [0.1, 0.15) is 40.7 Å². The Morgan fingerprint density at radius 3 is 2.68 bits per heavy atom. The van der Waals surface area contributed by atoms with Crippen LogP contribution in [0.5, 0.6) is 0 Å².